The smallest absolute Gasteiger partial charge is 0.127 e. The van der Waals surface area contributed by atoms with E-state index in [2.05, 4.69) is 26.2 Å². The molecule has 54 valence electrons. The zero-order valence-electron chi connectivity index (χ0n) is 5.36. The molecule has 1 aromatic rings. The Balaban J connectivity index is 3.04. The van der Waals surface area contributed by atoms with E-state index in [-0.39, 0.29) is 0 Å². The molecule has 4 heteroatoms. The highest BCUT2D eigenvalue weighted by atomic mass is 79.9. The maximum atomic E-state index is 5.77. The Hall–Kier alpha value is -0.280. The summed E-state index contributed by atoms with van der Waals surface area (Å²) in [5.74, 6) is 0.771. The molecule has 0 spiro atoms. The van der Waals surface area contributed by atoms with Gasteiger partial charge in [-0.15, -0.1) is 0 Å². The van der Waals surface area contributed by atoms with Crippen LogP contribution < -0.4 is 5.32 Å². The number of halogens is 2. The molecule has 1 heterocycles. The molecule has 1 aromatic heterocycles. The van der Waals surface area contributed by atoms with Gasteiger partial charge in [-0.05, 0) is 15.9 Å². The van der Waals surface area contributed by atoms with E-state index in [0.29, 0.717) is 5.02 Å². The number of hydrogen-bond acceptors (Lipinski definition) is 2. The van der Waals surface area contributed by atoms with Crippen LogP contribution in [0.25, 0.3) is 0 Å². The minimum absolute atomic E-state index is 0.666. The third-order valence-corrected chi connectivity index (χ3v) is 2.24. The van der Waals surface area contributed by atoms with Gasteiger partial charge in [-0.3, -0.25) is 0 Å². The Labute approximate surface area is 72.7 Å². The molecule has 0 aromatic carbocycles. The summed E-state index contributed by atoms with van der Waals surface area (Å²) in [6.07, 6.45) is 1.66. The molecule has 0 aliphatic heterocycles. The predicted molar refractivity (Wildman–Crippen MR) is 46.5 cm³/mol. The average molecular weight is 221 g/mol. The number of nitrogens with one attached hydrogen (secondary N) is 1. The zero-order chi connectivity index (χ0) is 7.56. The van der Waals surface area contributed by atoms with Crippen molar-refractivity contribution in [3.05, 3.63) is 21.8 Å². The van der Waals surface area contributed by atoms with Gasteiger partial charge in [-0.25, -0.2) is 4.98 Å². The average Bonchev–Trinajstić information content (AvgIpc) is 1.95. The van der Waals surface area contributed by atoms with Crippen LogP contribution in [0.4, 0.5) is 5.82 Å². The molecule has 0 aliphatic carbocycles. The van der Waals surface area contributed by atoms with Crippen molar-refractivity contribution in [3.8, 4) is 0 Å². The first-order valence-electron chi connectivity index (χ1n) is 2.73. The maximum absolute atomic E-state index is 5.77. The molecule has 1 rings (SSSR count). The fraction of sp³-hybridized carbons (Fsp3) is 0.167. The summed E-state index contributed by atoms with van der Waals surface area (Å²) in [7, 11) is 1.80. The summed E-state index contributed by atoms with van der Waals surface area (Å²) in [5.41, 5.74) is 0. The zero-order valence-corrected chi connectivity index (χ0v) is 7.70. The lowest BCUT2D eigenvalue weighted by atomic mass is 10.5. The number of aromatic nitrogens is 1. The van der Waals surface area contributed by atoms with E-state index in [1.54, 1.807) is 19.3 Å². The normalized spacial score (nSPS) is 9.50. The minimum Gasteiger partial charge on any atom is -0.373 e. The van der Waals surface area contributed by atoms with Gasteiger partial charge < -0.3 is 5.32 Å². The highest BCUT2D eigenvalue weighted by Gasteiger charge is 1.96. The first-order chi connectivity index (χ1) is 4.74. The molecule has 0 aliphatic rings. The van der Waals surface area contributed by atoms with Crippen LogP contribution in [0.5, 0.6) is 0 Å². The largest absolute Gasteiger partial charge is 0.373 e. The molecule has 2 nitrogen and oxygen atoms in total. The third kappa shape index (κ3) is 1.61. The van der Waals surface area contributed by atoms with Crippen molar-refractivity contribution in [1.29, 1.82) is 0 Å². The van der Waals surface area contributed by atoms with Gasteiger partial charge in [0.05, 0.1) is 9.50 Å². The Morgan fingerprint density at radius 1 is 1.70 bits per heavy atom. The molecule has 0 fully saturated rings. The summed E-state index contributed by atoms with van der Waals surface area (Å²) >= 11 is 9.00. The summed E-state index contributed by atoms with van der Waals surface area (Å²) in [6.45, 7) is 0. The van der Waals surface area contributed by atoms with Gasteiger partial charge in [0.15, 0.2) is 0 Å². The highest BCUT2D eigenvalue weighted by Crippen LogP contribution is 2.22. The number of rotatable bonds is 1. The molecular formula is C6H6BrClN2. The molecule has 1 N–H and O–H groups in total. The van der Waals surface area contributed by atoms with Crippen LogP contribution in [-0.2, 0) is 0 Å². The molecule has 10 heavy (non-hydrogen) atoms. The molecule has 0 bridgehead atoms. The topological polar surface area (TPSA) is 24.9 Å². The van der Waals surface area contributed by atoms with Crippen LogP contribution in [-0.4, -0.2) is 12.0 Å². The second-order valence-electron chi connectivity index (χ2n) is 1.73. The summed E-state index contributed by atoms with van der Waals surface area (Å²) in [4.78, 5) is 4.02. The molecule has 0 amide bonds. The Bertz CT molecular complexity index is 239. The number of hydrogen-bond donors (Lipinski definition) is 1. The Morgan fingerprint density at radius 2 is 2.40 bits per heavy atom. The highest BCUT2D eigenvalue weighted by molar-refractivity contribution is 9.10. The third-order valence-electron chi connectivity index (χ3n) is 1.06. The predicted octanol–water partition coefficient (Wildman–Crippen LogP) is 2.54. The van der Waals surface area contributed by atoms with E-state index in [4.69, 9.17) is 11.6 Å². The van der Waals surface area contributed by atoms with Crippen molar-refractivity contribution in [2.45, 2.75) is 0 Å². The Morgan fingerprint density at radius 3 is 2.90 bits per heavy atom. The quantitative estimate of drug-likeness (QED) is 0.788. The van der Waals surface area contributed by atoms with Gasteiger partial charge in [0.2, 0.25) is 0 Å². The van der Waals surface area contributed by atoms with Crippen molar-refractivity contribution in [2.24, 2.45) is 0 Å². The fourth-order valence-electron chi connectivity index (χ4n) is 0.551. The lowest BCUT2D eigenvalue weighted by molar-refractivity contribution is 1.27. The van der Waals surface area contributed by atoms with Crippen LogP contribution in [0.2, 0.25) is 5.02 Å². The van der Waals surface area contributed by atoms with Gasteiger partial charge in [-0.1, -0.05) is 11.6 Å². The lowest BCUT2D eigenvalue weighted by Gasteiger charge is -1.99. The van der Waals surface area contributed by atoms with Gasteiger partial charge in [0.1, 0.15) is 5.82 Å². The minimum atomic E-state index is 0.666. The molecular weight excluding hydrogens is 215 g/mol. The standard InChI is InChI=1S/C6H6BrClN2/c1-9-6-2-5(8)4(7)3-10-6/h2-3H,1H3,(H,9,10). The van der Waals surface area contributed by atoms with E-state index < -0.39 is 0 Å². The van der Waals surface area contributed by atoms with E-state index in [1.165, 1.54) is 0 Å². The maximum Gasteiger partial charge on any atom is 0.127 e. The van der Waals surface area contributed by atoms with Crippen molar-refractivity contribution in [3.63, 3.8) is 0 Å². The Kier molecular flexibility index (Phi) is 2.51. The molecule has 0 unspecified atom stereocenters. The van der Waals surface area contributed by atoms with E-state index in [9.17, 15) is 0 Å². The van der Waals surface area contributed by atoms with Crippen molar-refractivity contribution in [2.75, 3.05) is 12.4 Å². The first-order valence-corrected chi connectivity index (χ1v) is 3.90. The molecule has 0 atom stereocenters. The van der Waals surface area contributed by atoms with Crippen LogP contribution >= 0.6 is 27.5 Å². The summed E-state index contributed by atoms with van der Waals surface area (Å²) < 4.78 is 0.813. The van der Waals surface area contributed by atoms with E-state index in [1.807, 2.05) is 0 Å². The second-order valence-corrected chi connectivity index (χ2v) is 3.00. The van der Waals surface area contributed by atoms with Crippen LogP contribution in [0.1, 0.15) is 0 Å². The second kappa shape index (κ2) is 3.21. The molecule has 0 saturated heterocycles. The van der Waals surface area contributed by atoms with E-state index in [0.717, 1.165) is 10.3 Å². The van der Waals surface area contributed by atoms with Crippen LogP contribution in [0.15, 0.2) is 16.7 Å². The molecule has 0 radical (unpaired) electrons. The lowest BCUT2D eigenvalue weighted by Crippen LogP contribution is -1.90. The van der Waals surface area contributed by atoms with Crippen LogP contribution in [0, 0.1) is 0 Å². The monoisotopic (exact) mass is 220 g/mol. The van der Waals surface area contributed by atoms with Gasteiger partial charge in [0.25, 0.3) is 0 Å². The van der Waals surface area contributed by atoms with Crippen molar-refractivity contribution in [1.82, 2.24) is 4.98 Å². The van der Waals surface area contributed by atoms with Crippen molar-refractivity contribution >= 4 is 33.3 Å². The SMILES string of the molecule is CNc1cc(Cl)c(Br)cn1. The van der Waals surface area contributed by atoms with Crippen molar-refractivity contribution < 1.29 is 0 Å². The van der Waals surface area contributed by atoms with Gasteiger partial charge in [0, 0.05) is 19.3 Å². The number of nitrogens with zero attached hydrogens (tertiary/aromatic N) is 1. The molecule has 0 saturated carbocycles. The van der Waals surface area contributed by atoms with Crippen LogP contribution in [0.3, 0.4) is 0 Å². The fourth-order valence-corrected chi connectivity index (χ4v) is 0.920. The summed E-state index contributed by atoms with van der Waals surface area (Å²) in [5, 5.41) is 3.54. The van der Waals surface area contributed by atoms with Gasteiger partial charge in [-0.2, -0.15) is 0 Å². The summed E-state index contributed by atoms with van der Waals surface area (Å²) in [6, 6.07) is 1.76. The number of anilines is 1. The number of pyridine rings is 1. The van der Waals surface area contributed by atoms with E-state index >= 15 is 0 Å². The first kappa shape index (κ1) is 7.82. The van der Waals surface area contributed by atoms with Gasteiger partial charge >= 0.3 is 0 Å².